The number of rotatable bonds is 39. The van der Waals surface area contributed by atoms with Crippen molar-refractivity contribution in [2.45, 2.75) is 128 Å². The molecule has 5 amide bonds. The van der Waals surface area contributed by atoms with Crippen molar-refractivity contribution in [2.75, 3.05) is 33.2 Å². The Morgan fingerprint density at radius 2 is 1.13 bits per heavy atom. The van der Waals surface area contributed by atoms with E-state index in [0.29, 0.717) is 31.4 Å². The summed E-state index contributed by atoms with van der Waals surface area (Å²) in [6.07, 6.45) is -5.94. The van der Waals surface area contributed by atoms with E-state index in [1.807, 2.05) is 0 Å². The molecule has 24 heteroatoms. The van der Waals surface area contributed by atoms with Gasteiger partial charge in [-0.1, -0.05) is 18.6 Å². The van der Waals surface area contributed by atoms with E-state index < -0.39 is 177 Å². The molecule has 71 heavy (non-hydrogen) atoms. The molecule has 24 nitrogen and oxygen atoms in total. The number of likely N-dealkylation sites (N-methyl/N-ethyl adjacent to an activating group) is 1. The third-order valence-electron chi connectivity index (χ3n) is 11.6. The number of aromatic hydroxyl groups is 1. The zero-order valence-corrected chi connectivity index (χ0v) is 40.4. The Hall–Kier alpha value is -6.50. The van der Waals surface area contributed by atoms with Crippen LogP contribution in [-0.4, -0.2) is 153 Å². The first-order valence-corrected chi connectivity index (χ1v) is 23.4. The number of benzene rings is 1. The maximum absolute atomic E-state index is 13.6. The van der Waals surface area contributed by atoms with E-state index in [4.69, 9.17) is 11.5 Å². The number of carboxylic acids is 2. The van der Waals surface area contributed by atoms with Gasteiger partial charge in [0.2, 0.25) is 29.5 Å². The minimum absolute atomic E-state index is 0.00549. The van der Waals surface area contributed by atoms with Crippen molar-refractivity contribution in [1.29, 1.82) is 0 Å². The maximum atomic E-state index is 13.6. The number of nitrogens with one attached hydrogen (secondary N) is 5. The summed E-state index contributed by atoms with van der Waals surface area (Å²) in [5.74, 6) is -14.9. The molecule has 0 heterocycles. The van der Waals surface area contributed by atoms with Crippen LogP contribution in [0.1, 0.15) is 103 Å². The highest BCUT2D eigenvalue weighted by molar-refractivity contribution is 5.97. The number of ketones is 5. The van der Waals surface area contributed by atoms with Crippen LogP contribution in [0.5, 0.6) is 5.75 Å². The predicted octanol–water partition coefficient (Wildman–Crippen LogP) is -1.89. The molecular weight excluding hydrogens is 935 g/mol. The van der Waals surface area contributed by atoms with Crippen LogP contribution < -0.4 is 38.1 Å². The summed E-state index contributed by atoms with van der Waals surface area (Å²) in [4.78, 5) is 152. The second-order valence-electron chi connectivity index (χ2n) is 17.5. The molecule has 8 atom stereocenters. The molecule has 0 unspecified atom stereocenters. The predicted molar refractivity (Wildman–Crippen MR) is 252 cm³/mol. The van der Waals surface area contributed by atoms with Crippen LogP contribution >= 0.6 is 0 Å². The second kappa shape index (κ2) is 33.2. The number of carbonyl (C=O) groups excluding carboxylic acids is 10. The average molecular weight is 1010 g/mol. The van der Waals surface area contributed by atoms with Crippen LogP contribution in [0, 0.1) is 23.7 Å². The summed E-state index contributed by atoms with van der Waals surface area (Å²) in [6, 6.07) is 3.49. The summed E-state index contributed by atoms with van der Waals surface area (Å²) in [5.41, 5.74) is 11.5. The van der Waals surface area contributed by atoms with E-state index in [-0.39, 0.29) is 37.9 Å². The molecule has 0 spiro atoms. The van der Waals surface area contributed by atoms with Gasteiger partial charge < -0.3 is 63.6 Å². The maximum Gasteiger partial charge on any atom is 0.303 e. The van der Waals surface area contributed by atoms with Crippen molar-refractivity contribution >= 4 is 70.4 Å². The van der Waals surface area contributed by atoms with Crippen molar-refractivity contribution in [3.63, 3.8) is 0 Å². The van der Waals surface area contributed by atoms with E-state index in [2.05, 4.69) is 26.6 Å². The molecule has 0 aliphatic rings. The van der Waals surface area contributed by atoms with E-state index in [1.54, 1.807) is 12.1 Å². The first-order valence-electron chi connectivity index (χ1n) is 23.4. The summed E-state index contributed by atoms with van der Waals surface area (Å²) in [5, 5.41) is 61.3. The van der Waals surface area contributed by atoms with Crippen LogP contribution in [0.3, 0.4) is 0 Å². The normalized spacial score (nSPS) is 14.5. The van der Waals surface area contributed by atoms with Gasteiger partial charge in [0.25, 0.3) is 0 Å². The molecule has 0 fully saturated rings. The van der Waals surface area contributed by atoms with E-state index in [9.17, 15) is 83.1 Å². The molecule has 0 aliphatic heterocycles. The van der Waals surface area contributed by atoms with Crippen LogP contribution in [0.25, 0.3) is 0 Å². The smallest absolute Gasteiger partial charge is 0.303 e. The Kier molecular flexibility index (Phi) is 29.2. The Bertz CT molecular complexity index is 2010. The van der Waals surface area contributed by atoms with Gasteiger partial charge in [-0.15, -0.1) is 0 Å². The topological polar surface area (TPSA) is 418 Å². The Labute approximate surface area is 411 Å². The number of carboxylic acid groups (broad SMARTS) is 2. The monoisotopic (exact) mass is 1010 g/mol. The van der Waals surface area contributed by atoms with Crippen LogP contribution in [0.2, 0.25) is 0 Å². The number of primary amides is 1. The summed E-state index contributed by atoms with van der Waals surface area (Å²) < 4.78 is 0. The van der Waals surface area contributed by atoms with Crippen molar-refractivity contribution in [3.8, 4) is 5.75 Å². The number of aliphatic hydroxyl groups is 2. The Balaban J connectivity index is 2.90. The zero-order valence-electron chi connectivity index (χ0n) is 40.4. The number of carbonyl (C=O) groups is 12. The number of unbranched alkanes of at least 4 members (excludes halogenated alkanes) is 1. The van der Waals surface area contributed by atoms with Crippen molar-refractivity contribution < 1.29 is 83.1 Å². The third kappa shape index (κ3) is 25.8. The first kappa shape index (κ1) is 62.5. The van der Waals surface area contributed by atoms with Crippen LogP contribution in [-0.2, 0) is 64.0 Å². The highest BCUT2D eigenvalue weighted by Gasteiger charge is 2.35. The fourth-order valence-electron chi connectivity index (χ4n) is 7.29. The van der Waals surface area contributed by atoms with Crippen LogP contribution in [0.4, 0.5) is 0 Å². The molecule has 0 aromatic heterocycles. The number of aliphatic hydroxyl groups excluding tert-OH is 2. The SMILES string of the molecule is CN[C@@H](Cc1ccc(O)cc1)C(=O)C[C@@H](CCC(=O)O)C(=O)N[C@H](C(=O)C[C@@H](CCC(=O)O)C(=O)NCC(=O)C[C@H](C(=O)NCC(=O)CCC(=O)NCC(=O)C[C@@H](CCCCN)C(N)=O)[C@@H](C)O)[C@@H](C)O. The number of phenols is 1. The standard InChI is InChI=1S/C47H71N7O17/c1-26(55)36(47(71)53-23-33(58)13-14-40(63)51-24-34(59)19-29(44(49)68)6-4-5-17-48)22-35(60)25-52-45(69)30(9-15-41(64)65)21-39(62)43(27(2)56)54-46(70)31(10-16-42(66)67)20-38(61)37(50-3)18-28-7-11-32(57)12-8-28/h7-8,11-12,26-27,29-31,36-37,43,50,55-57H,4-6,9-10,13-25,48H2,1-3H3,(H2,49,68)(H,51,63)(H,52,69)(H,53,71)(H,54,70)(H,64,65)(H,66,67)/t26-,27-,29-,30-,31-,36+,37+,43+/m1/s1. The highest BCUT2D eigenvalue weighted by atomic mass is 16.4. The largest absolute Gasteiger partial charge is 0.508 e. The van der Waals surface area contributed by atoms with Gasteiger partial charge in [0, 0.05) is 69.1 Å². The van der Waals surface area contributed by atoms with Gasteiger partial charge in [-0.2, -0.15) is 0 Å². The van der Waals surface area contributed by atoms with Gasteiger partial charge in [0.05, 0.1) is 43.8 Å². The fraction of sp³-hybridized carbons (Fsp3) is 0.617. The molecule has 0 bridgehead atoms. The number of amides is 5. The lowest BCUT2D eigenvalue weighted by Crippen LogP contribution is -2.51. The van der Waals surface area contributed by atoms with E-state index >= 15 is 0 Å². The number of Topliss-reactive ketones (excluding diaryl/α,β-unsaturated/α-hetero) is 5. The fourth-order valence-corrected chi connectivity index (χ4v) is 7.29. The first-order chi connectivity index (χ1) is 33.4. The molecular formula is C47H71N7O17. The molecule has 0 aliphatic carbocycles. The molecule has 0 radical (unpaired) electrons. The zero-order chi connectivity index (χ0) is 53.8. The lowest BCUT2D eigenvalue weighted by Gasteiger charge is -2.26. The van der Waals surface area contributed by atoms with Crippen molar-refractivity contribution in [3.05, 3.63) is 29.8 Å². The molecule has 396 valence electrons. The lowest BCUT2D eigenvalue weighted by atomic mass is 9.89. The highest BCUT2D eigenvalue weighted by Crippen LogP contribution is 2.20. The van der Waals surface area contributed by atoms with Crippen LogP contribution in [0.15, 0.2) is 24.3 Å². The van der Waals surface area contributed by atoms with Crippen molar-refractivity contribution in [2.24, 2.45) is 35.1 Å². The summed E-state index contributed by atoms with van der Waals surface area (Å²) in [6.45, 7) is 1.03. The van der Waals surface area contributed by atoms with Gasteiger partial charge in [-0.3, -0.25) is 57.5 Å². The van der Waals surface area contributed by atoms with Crippen molar-refractivity contribution in [1.82, 2.24) is 26.6 Å². The minimum atomic E-state index is -1.71. The van der Waals surface area contributed by atoms with Gasteiger partial charge in [0.1, 0.15) is 11.8 Å². The molecule has 1 rings (SSSR count). The van der Waals surface area contributed by atoms with E-state index in [1.165, 1.54) is 26.1 Å². The number of phenolic OH excluding ortho intramolecular Hbond substituents is 1. The second-order valence-corrected chi connectivity index (χ2v) is 17.5. The number of nitrogens with two attached hydrogens (primary N) is 2. The van der Waals surface area contributed by atoms with Gasteiger partial charge in [-0.05, 0) is 77.2 Å². The molecule has 1 aromatic carbocycles. The number of hydrogen-bond donors (Lipinski definition) is 12. The summed E-state index contributed by atoms with van der Waals surface area (Å²) in [7, 11) is 1.51. The molecule has 0 saturated carbocycles. The minimum Gasteiger partial charge on any atom is -0.508 e. The number of hydrogen-bond acceptors (Lipinski definition) is 17. The average Bonchev–Trinajstić information content (AvgIpc) is 3.30. The van der Waals surface area contributed by atoms with E-state index in [0.717, 1.165) is 6.92 Å². The quantitative estimate of drug-likeness (QED) is 0.0321. The summed E-state index contributed by atoms with van der Waals surface area (Å²) >= 11 is 0. The Morgan fingerprint density at radius 3 is 1.66 bits per heavy atom. The van der Waals surface area contributed by atoms with Gasteiger partial charge in [-0.25, -0.2) is 0 Å². The molecule has 14 N–H and O–H groups in total. The van der Waals surface area contributed by atoms with Gasteiger partial charge in [0.15, 0.2) is 28.9 Å². The third-order valence-corrected chi connectivity index (χ3v) is 11.6. The number of aliphatic carboxylic acids is 2. The lowest BCUT2D eigenvalue weighted by molar-refractivity contribution is -0.139. The molecule has 1 aromatic rings. The molecule has 0 saturated heterocycles. The van der Waals surface area contributed by atoms with Gasteiger partial charge >= 0.3 is 11.9 Å². The Morgan fingerprint density at radius 1 is 0.592 bits per heavy atom.